The van der Waals surface area contributed by atoms with E-state index >= 15 is 0 Å². The molecule has 0 radical (unpaired) electrons. The predicted octanol–water partition coefficient (Wildman–Crippen LogP) is 3.87. The van der Waals surface area contributed by atoms with Crippen LogP contribution < -0.4 is 10.2 Å². The summed E-state index contributed by atoms with van der Waals surface area (Å²) < 4.78 is 38.4. The Labute approximate surface area is 186 Å². The Morgan fingerprint density at radius 3 is 2.32 bits per heavy atom. The summed E-state index contributed by atoms with van der Waals surface area (Å²) in [6, 6.07) is 6.59. The lowest BCUT2D eigenvalue weighted by Crippen LogP contribution is -2.54. The predicted molar refractivity (Wildman–Crippen MR) is 111 cm³/mol. The summed E-state index contributed by atoms with van der Waals surface area (Å²) in [7, 11) is 0. The number of nitrogens with zero attached hydrogens (tertiary/aromatic N) is 3. The molecule has 31 heavy (non-hydrogen) atoms. The number of carbonyl (C=O) groups is 2. The molecule has 1 aliphatic rings. The molecule has 2 heterocycles. The van der Waals surface area contributed by atoms with E-state index in [0.29, 0.717) is 26.2 Å². The Hall–Kier alpha value is -2.52. The van der Waals surface area contributed by atoms with E-state index in [1.807, 2.05) is 0 Å². The van der Waals surface area contributed by atoms with Gasteiger partial charge in [-0.3, -0.25) is 9.59 Å². The maximum Gasteiger partial charge on any atom is 0.417 e. The molecular weight excluding hydrogens is 456 g/mol. The normalized spacial score (nSPS) is 15.5. The van der Waals surface area contributed by atoms with Crippen molar-refractivity contribution >= 4 is 40.8 Å². The smallest absolute Gasteiger partial charge is 0.352 e. The fourth-order valence-corrected chi connectivity index (χ4v) is 3.72. The molecule has 1 aromatic carbocycles. The highest BCUT2D eigenvalue weighted by atomic mass is 35.5. The van der Waals surface area contributed by atoms with Gasteiger partial charge in [-0.25, -0.2) is 4.98 Å². The molecule has 1 aromatic heterocycles. The lowest BCUT2D eigenvalue weighted by Gasteiger charge is -2.37. The van der Waals surface area contributed by atoms with Crippen molar-refractivity contribution in [1.82, 2.24) is 15.2 Å². The minimum atomic E-state index is -4.52. The number of nitrogens with one attached hydrogen (secondary N) is 1. The van der Waals surface area contributed by atoms with Gasteiger partial charge in [0.05, 0.1) is 21.2 Å². The largest absolute Gasteiger partial charge is 0.417 e. The van der Waals surface area contributed by atoms with Gasteiger partial charge in [0.25, 0.3) is 5.91 Å². The van der Waals surface area contributed by atoms with E-state index in [4.69, 9.17) is 23.2 Å². The van der Waals surface area contributed by atoms with Gasteiger partial charge in [0.2, 0.25) is 5.91 Å². The number of hydrogen-bond acceptors (Lipinski definition) is 4. The molecule has 0 spiro atoms. The van der Waals surface area contributed by atoms with Crippen molar-refractivity contribution in [3.05, 3.63) is 57.7 Å². The molecule has 3 rings (SSSR count). The van der Waals surface area contributed by atoms with Crippen LogP contribution in [0.3, 0.4) is 0 Å². The van der Waals surface area contributed by atoms with Crippen molar-refractivity contribution in [2.75, 3.05) is 31.1 Å². The van der Waals surface area contributed by atoms with Gasteiger partial charge in [-0.05, 0) is 25.1 Å². The zero-order chi connectivity index (χ0) is 22.8. The number of hydrogen-bond donors (Lipinski definition) is 1. The Balaban J connectivity index is 1.58. The number of alkyl halides is 3. The van der Waals surface area contributed by atoms with Crippen molar-refractivity contribution in [2.45, 2.75) is 19.1 Å². The lowest BCUT2D eigenvalue weighted by atomic mass is 10.2. The molecule has 1 saturated heterocycles. The van der Waals surface area contributed by atoms with Crippen molar-refractivity contribution in [3.8, 4) is 0 Å². The molecule has 1 N–H and O–H groups in total. The Kier molecular flexibility index (Phi) is 6.96. The zero-order valence-electron chi connectivity index (χ0n) is 16.4. The second-order valence-corrected chi connectivity index (χ2v) is 7.83. The first-order chi connectivity index (χ1) is 14.6. The molecule has 1 atom stereocenters. The van der Waals surface area contributed by atoms with Gasteiger partial charge in [-0.2, -0.15) is 13.2 Å². The highest BCUT2D eigenvalue weighted by Gasteiger charge is 2.33. The third-order valence-corrected chi connectivity index (χ3v) is 5.48. The van der Waals surface area contributed by atoms with E-state index in [1.54, 1.807) is 41.0 Å². The molecule has 166 valence electrons. The number of rotatable bonds is 4. The quantitative estimate of drug-likeness (QED) is 0.730. The van der Waals surface area contributed by atoms with Crippen LogP contribution in [-0.2, 0) is 11.0 Å². The average Bonchev–Trinajstić information content (AvgIpc) is 2.73. The minimum absolute atomic E-state index is 0.102. The first kappa shape index (κ1) is 23.1. The van der Waals surface area contributed by atoms with Crippen LogP contribution in [0.4, 0.5) is 19.0 Å². The van der Waals surface area contributed by atoms with Gasteiger partial charge < -0.3 is 15.1 Å². The Morgan fingerprint density at radius 2 is 1.74 bits per heavy atom. The molecule has 0 bridgehead atoms. The number of anilines is 1. The van der Waals surface area contributed by atoms with Gasteiger partial charge in [0, 0.05) is 32.4 Å². The molecule has 2 amide bonds. The first-order valence-corrected chi connectivity index (χ1v) is 10.2. The summed E-state index contributed by atoms with van der Waals surface area (Å²) in [6.07, 6.45) is -3.78. The zero-order valence-corrected chi connectivity index (χ0v) is 17.9. The Bertz CT molecular complexity index is 979. The highest BCUT2D eigenvalue weighted by molar-refractivity contribution is 6.34. The lowest BCUT2D eigenvalue weighted by molar-refractivity contribution is -0.138. The fraction of sp³-hybridized carbons (Fsp3) is 0.350. The minimum Gasteiger partial charge on any atom is -0.352 e. The molecule has 1 aliphatic heterocycles. The molecule has 6 nitrogen and oxygen atoms in total. The molecule has 0 unspecified atom stereocenters. The van der Waals surface area contributed by atoms with E-state index in [-0.39, 0.29) is 27.3 Å². The Morgan fingerprint density at radius 1 is 1.10 bits per heavy atom. The summed E-state index contributed by atoms with van der Waals surface area (Å²) in [5, 5.41) is 2.82. The number of benzene rings is 1. The number of carbonyl (C=O) groups excluding carboxylic acids is 2. The molecule has 1 fully saturated rings. The molecule has 11 heteroatoms. The topological polar surface area (TPSA) is 65.5 Å². The molecule has 0 aliphatic carbocycles. The van der Waals surface area contributed by atoms with Crippen molar-refractivity contribution in [2.24, 2.45) is 0 Å². The summed E-state index contributed by atoms with van der Waals surface area (Å²) >= 11 is 12.0. The van der Waals surface area contributed by atoms with Gasteiger partial charge in [-0.15, -0.1) is 0 Å². The van der Waals surface area contributed by atoms with Gasteiger partial charge >= 0.3 is 6.18 Å². The van der Waals surface area contributed by atoms with Crippen LogP contribution in [0.2, 0.25) is 10.0 Å². The van der Waals surface area contributed by atoms with Crippen LogP contribution in [0.5, 0.6) is 0 Å². The van der Waals surface area contributed by atoms with Gasteiger partial charge in [0.1, 0.15) is 11.9 Å². The van der Waals surface area contributed by atoms with E-state index in [9.17, 15) is 22.8 Å². The number of pyridine rings is 1. The molecular formula is C20H19Cl2F3N4O2. The van der Waals surface area contributed by atoms with Crippen LogP contribution in [0.15, 0.2) is 36.5 Å². The highest BCUT2D eigenvalue weighted by Crippen LogP contribution is 2.33. The van der Waals surface area contributed by atoms with Crippen LogP contribution in [-0.4, -0.2) is 53.9 Å². The van der Waals surface area contributed by atoms with Crippen molar-refractivity contribution in [1.29, 1.82) is 0 Å². The molecule has 0 saturated carbocycles. The molecule has 2 aromatic rings. The average molecular weight is 475 g/mol. The summed E-state index contributed by atoms with van der Waals surface area (Å²) in [6.45, 7) is 2.89. The van der Waals surface area contributed by atoms with Crippen LogP contribution >= 0.6 is 23.2 Å². The maximum absolute atomic E-state index is 12.8. The summed E-state index contributed by atoms with van der Waals surface area (Å²) in [5.74, 6) is -0.487. The summed E-state index contributed by atoms with van der Waals surface area (Å²) in [5.41, 5.74) is -0.644. The van der Waals surface area contributed by atoms with Crippen molar-refractivity contribution < 1.29 is 22.8 Å². The van der Waals surface area contributed by atoms with Gasteiger partial charge in [0.15, 0.2) is 0 Å². The number of piperazine rings is 1. The first-order valence-electron chi connectivity index (χ1n) is 9.40. The monoisotopic (exact) mass is 474 g/mol. The van der Waals surface area contributed by atoms with Crippen molar-refractivity contribution in [3.63, 3.8) is 0 Å². The van der Waals surface area contributed by atoms with E-state index in [2.05, 4.69) is 10.3 Å². The number of amides is 2. The third-order valence-electron chi connectivity index (χ3n) is 4.88. The van der Waals surface area contributed by atoms with Crippen LogP contribution in [0.25, 0.3) is 0 Å². The second kappa shape index (κ2) is 9.32. The maximum atomic E-state index is 12.8. The summed E-state index contributed by atoms with van der Waals surface area (Å²) in [4.78, 5) is 32.2. The fourth-order valence-electron chi connectivity index (χ4n) is 3.21. The standard InChI is InChI=1S/C20H19Cl2F3N4O2/c1-12(27-18(30)14-4-2-3-5-15(14)21)19(31)29-8-6-28(7-9-29)17-16(22)10-13(11-26-17)20(23,24)25/h2-5,10-12H,6-9H2,1H3,(H,27,30)/t12-/m0/s1. The van der Waals surface area contributed by atoms with Gasteiger partial charge in [-0.1, -0.05) is 35.3 Å². The van der Waals surface area contributed by atoms with E-state index in [1.165, 1.54) is 0 Å². The van der Waals surface area contributed by atoms with E-state index in [0.717, 1.165) is 12.3 Å². The third kappa shape index (κ3) is 5.40. The van der Waals surface area contributed by atoms with E-state index < -0.39 is 23.7 Å². The number of aromatic nitrogens is 1. The second-order valence-electron chi connectivity index (χ2n) is 7.01. The van der Waals surface area contributed by atoms with Crippen LogP contribution in [0.1, 0.15) is 22.8 Å². The SMILES string of the molecule is C[C@H](NC(=O)c1ccccc1Cl)C(=O)N1CCN(c2ncc(C(F)(F)F)cc2Cl)CC1. The van der Waals surface area contributed by atoms with Crippen LogP contribution in [0, 0.1) is 0 Å². The number of halogens is 5.